The number of para-hydroxylation sites is 1. The maximum atomic E-state index is 12.3. The average Bonchev–Trinajstić information content (AvgIpc) is 3.17. The number of hydrogen-bond donors (Lipinski definition) is 3. The molecule has 3 N–H and O–H groups in total. The minimum absolute atomic E-state index is 0.174. The Balaban J connectivity index is 2.02. The predicted molar refractivity (Wildman–Crippen MR) is 91.3 cm³/mol. The number of anilines is 1. The van der Waals surface area contributed by atoms with Gasteiger partial charge in [-0.15, -0.1) is 10.2 Å². The lowest BCUT2D eigenvalue weighted by atomic mass is 10.1. The van der Waals surface area contributed by atoms with Crippen molar-refractivity contribution in [1.29, 1.82) is 5.26 Å². The van der Waals surface area contributed by atoms with Crippen molar-refractivity contribution in [2.75, 3.05) is 25.1 Å². The van der Waals surface area contributed by atoms with E-state index >= 15 is 0 Å². The second-order valence-corrected chi connectivity index (χ2v) is 4.90. The third kappa shape index (κ3) is 5.40. The molecule has 0 saturated heterocycles. The third-order valence-corrected chi connectivity index (χ3v) is 3.21. The van der Waals surface area contributed by atoms with Crippen LogP contribution < -0.4 is 10.6 Å². The van der Waals surface area contributed by atoms with Gasteiger partial charge in [0.1, 0.15) is 11.6 Å². The predicted octanol–water partition coefficient (Wildman–Crippen LogP) is 1.33. The minimum atomic E-state index is -0.203. The Morgan fingerprint density at radius 2 is 2.28 bits per heavy atom. The van der Waals surface area contributed by atoms with E-state index in [4.69, 9.17) is 4.74 Å². The van der Waals surface area contributed by atoms with Gasteiger partial charge in [0, 0.05) is 26.0 Å². The molecule has 0 saturated carbocycles. The number of nitrogens with zero attached hydrogens (tertiary/aromatic N) is 4. The second kappa shape index (κ2) is 9.79. The van der Waals surface area contributed by atoms with E-state index in [1.54, 1.807) is 24.3 Å². The highest BCUT2D eigenvalue weighted by Crippen LogP contribution is 2.16. The quantitative estimate of drug-likeness (QED) is 0.463. The van der Waals surface area contributed by atoms with Crippen molar-refractivity contribution in [3.8, 4) is 6.07 Å². The normalized spacial score (nSPS) is 11.0. The molecule has 2 aromatic rings. The van der Waals surface area contributed by atoms with E-state index in [2.05, 4.69) is 31.3 Å². The summed E-state index contributed by atoms with van der Waals surface area (Å²) in [5.74, 6) is -0.0288. The Hall–Kier alpha value is -3.25. The van der Waals surface area contributed by atoms with Crippen LogP contribution in [0.25, 0.3) is 5.57 Å². The van der Waals surface area contributed by atoms with Crippen LogP contribution in [0.3, 0.4) is 0 Å². The smallest absolute Gasteiger partial charge is 0.253 e. The zero-order valence-corrected chi connectivity index (χ0v) is 13.8. The second-order valence-electron chi connectivity index (χ2n) is 4.90. The number of H-pyrrole nitrogens is 1. The van der Waals surface area contributed by atoms with Gasteiger partial charge in [-0.05, 0) is 30.7 Å². The lowest BCUT2D eigenvalue weighted by Crippen LogP contribution is -2.26. The van der Waals surface area contributed by atoms with Gasteiger partial charge in [-0.2, -0.15) is 10.5 Å². The van der Waals surface area contributed by atoms with E-state index in [1.807, 2.05) is 13.0 Å². The molecular weight excluding hydrogens is 322 g/mol. The molecule has 9 heteroatoms. The standard InChI is InChI=1S/C16H19N7O2/c1-2-25-9-5-8-18-16(24)13-6-3-4-7-14(13)19-11-12(10-17)15-20-22-23-21-15/h3-4,6-7,11,19H,2,5,8-9H2,1H3,(H,18,24)(H,20,21,22,23). The van der Waals surface area contributed by atoms with E-state index in [0.717, 1.165) is 6.42 Å². The lowest BCUT2D eigenvalue weighted by molar-refractivity contribution is 0.0945. The van der Waals surface area contributed by atoms with Crippen LogP contribution >= 0.6 is 0 Å². The van der Waals surface area contributed by atoms with E-state index in [1.165, 1.54) is 6.20 Å². The van der Waals surface area contributed by atoms with E-state index < -0.39 is 0 Å². The number of ether oxygens (including phenoxy) is 1. The number of aromatic amines is 1. The number of allylic oxidation sites excluding steroid dienone is 1. The lowest BCUT2D eigenvalue weighted by Gasteiger charge is -2.10. The number of carbonyl (C=O) groups is 1. The first kappa shape index (κ1) is 18.1. The monoisotopic (exact) mass is 341 g/mol. The molecule has 130 valence electrons. The van der Waals surface area contributed by atoms with Gasteiger partial charge in [0.15, 0.2) is 0 Å². The summed E-state index contributed by atoms with van der Waals surface area (Å²) < 4.78 is 5.24. The number of rotatable bonds is 9. The number of aromatic nitrogens is 4. The van der Waals surface area contributed by atoms with Crippen molar-refractivity contribution in [2.24, 2.45) is 0 Å². The van der Waals surface area contributed by atoms with Crippen molar-refractivity contribution in [3.63, 3.8) is 0 Å². The number of benzene rings is 1. The fourth-order valence-corrected chi connectivity index (χ4v) is 2.00. The van der Waals surface area contributed by atoms with Gasteiger partial charge in [0.2, 0.25) is 5.82 Å². The Morgan fingerprint density at radius 1 is 1.44 bits per heavy atom. The van der Waals surface area contributed by atoms with Gasteiger partial charge in [-0.3, -0.25) is 4.79 Å². The third-order valence-electron chi connectivity index (χ3n) is 3.21. The summed E-state index contributed by atoms with van der Waals surface area (Å²) in [4.78, 5) is 12.3. The van der Waals surface area contributed by atoms with Gasteiger partial charge in [0.05, 0.1) is 11.3 Å². The molecule has 1 amide bonds. The highest BCUT2D eigenvalue weighted by Gasteiger charge is 2.11. The molecule has 1 aromatic heterocycles. The molecule has 0 radical (unpaired) electrons. The molecule has 25 heavy (non-hydrogen) atoms. The highest BCUT2D eigenvalue weighted by molar-refractivity contribution is 5.99. The SMILES string of the molecule is CCOCCCNC(=O)c1ccccc1NC=C(C#N)c1nn[nH]n1. The van der Waals surface area contributed by atoms with Gasteiger partial charge in [-0.25, -0.2) is 0 Å². The Bertz CT molecular complexity index is 750. The van der Waals surface area contributed by atoms with Crippen LogP contribution in [0, 0.1) is 11.3 Å². The van der Waals surface area contributed by atoms with Crippen LogP contribution in [-0.4, -0.2) is 46.3 Å². The van der Waals surface area contributed by atoms with Crippen LogP contribution in [0.15, 0.2) is 30.5 Å². The summed E-state index contributed by atoms with van der Waals surface area (Å²) in [5.41, 5.74) is 1.24. The summed E-state index contributed by atoms with van der Waals surface area (Å²) in [6, 6.07) is 8.99. The number of nitrogens with one attached hydrogen (secondary N) is 3. The van der Waals surface area contributed by atoms with Crippen LogP contribution in [0.5, 0.6) is 0 Å². The molecule has 0 unspecified atom stereocenters. The molecule has 9 nitrogen and oxygen atoms in total. The van der Waals surface area contributed by atoms with Gasteiger partial charge in [-0.1, -0.05) is 12.1 Å². The number of nitriles is 1. The first-order valence-corrected chi connectivity index (χ1v) is 7.81. The van der Waals surface area contributed by atoms with Crippen molar-refractivity contribution in [3.05, 3.63) is 41.9 Å². The summed E-state index contributed by atoms with van der Waals surface area (Å²) in [5, 5.41) is 28.2. The van der Waals surface area contributed by atoms with Crippen LogP contribution in [0.2, 0.25) is 0 Å². The van der Waals surface area contributed by atoms with Crippen molar-refractivity contribution < 1.29 is 9.53 Å². The van der Waals surface area contributed by atoms with E-state index in [0.29, 0.717) is 31.0 Å². The van der Waals surface area contributed by atoms with Crippen molar-refractivity contribution >= 4 is 17.2 Å². The molecule has 1 aromatic carbocycles. The Labute approximate surface area is 145 Å². The molecule has 0 spiro atoms. The Kier molecular flexibility index (Phi) is 7.09. The molecule has 0 aliphatic carbocycles. The molecule has 0 aliphatic rings. The largest absolute Gasteiger partial charge is 0.382 e. The summed E-state index contributed by atoms with van der Waals surface area (Å²) >= 11 is 0. The molecule has 0 atom stereocenters. The molecule has 0 bridgehead atoms. The Morgan fingerprint density at radius 3 is 3.00 bits per heavy atom. The number of amides is 1. The topological polar surface area (TPSA) is 129 Å². The summed E-state index contributed by atoms with van der Waals surface area (Å²) in [6.07, 6.45) is 2.18. The summed E-state index contributed by atoms with van der Waals surface area (Å²) in [6.45, 7) is 3.72. The van der Waals surface area contributed by atoms with Crippen LogP contribution in [-0.2, 0) is 4.74 Å². The maximum Gasteiger partial charge on any atom is 0.253 e. The van der Waals surface area contributed by atoms with Crippen LogP contribution in [0.4, 0.5) is 5.69 Å². The fourth-order valence-electron chi connectivity index (χ4n) is 2.00. The van der Waals surface area contributed by atoms with Crippen molar-refractivity contribution in [2.45, 2.75) is 13.3 Å². The van der Waals surface area contributed by atoms with Gasteiger partial charge < -0.3 is 15.4 Å². The fraction of sp³-hybridized carbons (Fsp3) is 0.312. The molecular formula is C16H19N7O2. The molecule has 0 aliphatic heterocycles. The minimum Gasteiger partial charge on any atom is -0.382 e. The number of carbonyl (C=O) groups excluding carboxylic acids is 1. The molecule has 0 fully saturated rings. The van der Waals surface area contributed by atoms with E-state index in [-0.39, 0.29) is 17.3 Å². The number of tetrazole rings is 1. The average molecular weight is 341 g/mol. The maximum absolute atomic E-state index is 12.3. The zero-order chi connectivity index (χ0) is 17.9. The highest BCUT2D eigenvalue weighted by atomic mass is 16.5. The zero-order valence-electron chi connectivity index (χ0n) is 13.8. The number of hydrogen-bond acceptors (Lipinski definition) is 7. The first-order chi connectivity index (χ1) is 12.3. The molecule has 1 heterocycles. The van der Waals surface area contributed by atoms with Crippen LogP contribution in [0.1, 0.15) is 29.5 Å². The van der Waals surface area contributed by atoms with Crippen molar-refractivity contribution in [1.82, 2.24) is 25.9 Å². The van der Waals surface area contributed by atoms with Gasteiger partial charge in [0.25, 0.3) is 5.91 Å². The van der Waals surface area contributed by atoms with E-state index in [9.17, 15) is 10.1 Å². The first-order valence-electron chi connectivity index (χ1n) is 7.81. The summed E-state index contributed by atoms with van der Waals surface area (Å²) in [7, 11) is 0. The molecule has 2 rings (SSSR count). The van der Waals surface area contributed by atoms with Gasteiger partial charge >= 0.3 is 0 Å².